The van der Waals surface area contributed by atoms with Crippen LogP contribution in [0.25, 0.3) is 0 Å². The van der Waals surface area contributed by atoms with Gasteiger partial charge in [0.1, 0.15) is 0 Å². The predicted octanol–water partition coefficient (Wildman–Crippen LogP) is 2.75. The maximum Gasteiger partial charge on any atom is 0.257 e. The van der Waals surface area contributed by atoms with Gasteiger partial charge in [-0.3, -0.25) is 9.59 Å². The lowest BCUT2D eigenvalue weighted by Gasteiger charge is -2.09. The Bertz CT molecular complexity index is 624. The number of pyridine rings is 1. The highest BCUT2D eigenvalue weighted by Gasteiger charge is 2.07. The van der Waals surface area contributed by atoms with Gasteiger partial charge in [0.2, 0.25) is 5.56 Å². The first kappa shape index (κ1) is 13.1. The number of nitrogens with one attached hydrogen (secondary N) is 2. The molecule has 98 valence electrons. The van der Waals surface area contributed by atoms with Crippen molar-refractivity contribution in [3.8, 4) is 0 Å². The lowest BCUT2D eigenvalue weighted by atomic mass is 10.0. The molecule has 4 nitrogen and oxygen atoms in total. The Labute approximate surface area is 111 Å². The molecular weight excluding hydrogens is 240 g/mol. The van der Waals surface area contributed by atoms with Gasteiger partial charge in [0.25, 0.3) is 5.91 Å². The van der Waals surface area contributed by atoms with Crippen LogP contribution in [0.4, 0.5) is 5.69 Å². The quantitative estimate of drug-likeness (QED) is 0.887. The molecule has 0 atom stereocenters. The van der Waals surface area contributed by atoms with Crippen LogP contribution in [0.3, 0.4) is 0 Å². The molecule has 0 spiro atoms. The second-order valence-electron chi connectivity index (χ2n) is 4.68. The number of carbonyl (C=O) groups excluding carboxylic acids is 1. The van der Waals surface area contributed by atoms with Crippen molar-refractivity contribution >= 4 is 11.6 Å². The first-order valence-corrected chi connectivity index (χ1v) is 6.16. The molecule has 1 amide bonds. The van der Waals surface area contributed by atoms with Gasteiger partial charge in [0.05, 0.1) is 5.56 Å². The molecule has 4 heteroatoms. The fraction of sp³-hybridized carbons (Fsp3) is 0.200. The highest BCUT2D eigenvalue weighted by atomic mass is 16.1. The van der Waals surface area contributed by atoms with Gasteiger partial charge in [0, 0.05) is 18.0 Å². The molecule has 0 aliphatic carbocycles. The van der Waals surface area contributed by atoms with E-state index in [9.17, 15) is 9.59 Å². The van der Waals surface area contributed by atoms with E-state index in [2.05, 4.69) is 24.1 Å². The van der Waals surface area contributed by atoms with Crippen molar-refractivity contribution < 1.29 is 4.79 Å². The zero-order valence-electron chi connectivity index (χ0n) is 10.9. The lowest BCUT2D eigenvalue weighted by Crippen LogP contribution is -2.14. The fourth-order valence-corrected chi connectivity index (χ4v) is 1.73. The maximum atomic E-state index is 12.0. The summed E-state index contributed by atoms with van der Waals surface area (Å²) in [5, 5.41) is 2.81. The van der Waals surface area contributed by atoms with Gasteiger partial charge < -0.3 is 10.3 Å². The molecule has 1 aromatic carbocycles. The summed E-state index contributed by atoms with van der Waals surface area (Å²) < 4.78 is 0. The van der Waals surface area contributed by atoms with Crippen molar-refractivity contribution in [2.45, 2.75) is 19.8 Å². The molecule has 0 bridgehead atoms. The Morgan fingerprint density at radius 1 is 1.21 bits per heavy atom. The van der Waals surface area contributed by atoms with Gasteiger partial charge in [0.15, 0.2) is 0 Å². The van der Waals surface area contributed by atoms with Gasteiger partial charge in [-0.05, 0) is 29.7 Å². The van der Waals surface area contributed by atoms with Gasteiger partial charge in [-0.1, -0.05) is 26.0 Å². The van der Waals surface area contributed by atoms with Crippen LogP contribution in [0.5, 0.6) is 0 Å². The third-order valence-electron chi connectivity index (χ3n) is 2.86. The van der Waals surface area contributed by atoms with Crippen LogP contribution in [0.2, 0.25) is 0 Å². The summed E-state index contributed by atoms with van der Waals surface area (Å²) in [6.45, 7) is 4.20. The maximum absolute atomic E-state index is 12.0. The van der Waals surface area contributed by atoms with Crippen molar-refractivity contribution in [1.29, 1.82) is 0 Å². The molecule has 2 rings (SSSR count). The summed E-state index contributed by atoms with van der Waals surface area (Å²) in [7, 11) is 0. The zero-order chi connectivity index (χ0) is 13.8. The minimum absolute atomic E-state index is 0.224. The minimum Gasteiger partial charge on any atom is -0.328 e. The topological polar surface area (TPSA) is 62.0 Å². The molecule has 0 saturated heterocycles. The Morgan fingerprint density at radius 3 is 2.63 bits per heavy atom. The van der Waals surface area contributed by atoms with Crippen molar-refractivity contribution in [2.24, 2.45) is 0 Å². The molecule has 0 aliphatic rings. The van der Waals surface area contributed by atoms with Crippen LogP contribution in [-0.4, -0.2) is 10.9 Å². The third-order valence-corrected chi connectivity index (χ3v) is 2.86. The molecule has 0 aliphatic heterocycles. The number of amides is 1. The summed E-state index contributed by atoms with van der Waals surface area (Å²) >= 11 is 0. The van der Waals surface area contributed by atoms with Gasteiger partial charge in [-0.2, -0.15) is 0 Å². The van der Waals surface area contributed by atoms with Gasteiger partial charge in [-0.25, -0.2) is 0 Å². The first-order valence-electron chi connectivity index (χ1n) is 6.16. The van der Waals surface area contributed by atoms with Gasteiger partial charge >= 0.3 is 0 Å². The number of aromatic amines is 1. The largest absolute Gasteiger partial charge is 0.328 e. The van der Waals surface area contributed by atoms with E-state index in [4.69, 9.17) is 0 Å². The van der Waals surface area contributed by atoms with E-state index in [1.807, 2.05) is 24.3 Å². The number of rotatable bonds is 3. The molecule has 1 aromatic heterocycles. The smallest absolute Gasteiger partial charge is 0.257 e. The second-order valence-corrected chi connectivity index (χ2v) is 4.68. The third kappa shape index (κ3) is 3.31. The molecule has 2 N–H and O–H groups in total. The summed E-state index contributed by atoms with van der Waals surface area (Å²) in [4.78, 5) is 25.4. The van der Waals surface area contributed by atoms with Crippen LogP contribution in [0.15, 0.2) is 47.4 Å². The Kier molecular flexibility index (Phi) is 3.80. The minimum atomic E-state index is -0.239. The number of aromatic nitrogens is 1. The SMILES string of the molecule is CC(C)c1cccc(NC(=O)c2ccc(=O)[nH]c2)c1. The number of anilines is 1. The highest BCUT2D eigenvalue weighted by molar-refractivity contribution is 6.04. The average molecular weight is 256 g/mol. The summed E-state index contributed by atoms with van der Waals surface area (Å²) in [5.41, 5.74) is 2.12. The van der Waals surface area contributed by atoms with Crippen molar-refractivity contribution in [3.63, 3.8) is 0 Å². The average Bonchev–Trinajstić information content (AvgIpc) is 2.39. The van der Waals surface area contributed by atoms with Crippen LogP contribution in [0, 0.1) is 0 Å². The molecule has 0 unspecified atom stereocenters. The predicted molar refractivity (Wildman–Crippen MR) is 75.5 cm³/mol. The van der Waals surface area contributed by atoms with Crippen LogP contribution < -0.4 is 10.9 Å². The number of benzene rings is 1. The van der Waals surface area contributed by atoms with Crippen molar-refractivity contribution in [3.05, 3.63) is 64.1 Å². The van der Waals surface area contributed by atoms with Crippen LogP contribution in [-0.2, 0) is 0 Å². The molecule has 0 fully saturated rings. The van der Waals surface area contributed by atoms with E-state index in [1.165, 1.54) is 23.9 Å². The van der Waals surface area contributed by atoms with Crippen molar-refractivity contribution in [2.75, 3.05) is 5.32 Å². The van der Waals surface area contributed by atoms with Gasteiger partial charge in [-0.15, -0.1) is 0 Å². The highest BCUT2D eigenvalue weighted by Crippen LogP contribution is 2.18. The number of H-pyrrole nitrogens is 1. The molecule has 0 saturated carbocycles. The van der Waals surface area contributed by atoms with E-state index >= 15 is 0 Å². The molecule has 2 aromatic rings. The number of hydrogen-bond donors (Lipinski definition) is 2. The van der Waals surface area contributed by atoms with E-state index in [0.29, 0.717) is 11.5 Å². The summed E-state index contributed by atoms with van der Waals surface area (Å²) in [6, 6.07) is 10.6. The lowest BCUT2D eigenvalue weighted by molar-refractivity contribution is 0.102. The second kappa shape index (κ2) is 5.52. The standard InChI is InChI=1S/C15H16N2O2/c1-10(2)11-4-3-5-13(8-11)17-15(19)12-6-7-14(18)16-9-12/h3-10H,1-2H3,(H,16,18)(H,17,19). The van der Waals surface area contributed by atoms with Crippen molar-refractivity contribution in [1.82, 2.24) is 4.98 Å². The van der Waals surface area contributed by atoms with Crippen LogP contribution in [0.1, 0.15) is 35.7 Å². The number of carbonyl (C=O) groups is 1. The summed E-state index contributed by atoms with van der Waals surface area (Å²) in [6.07, 6.45) is 1.41. The Morgan fingerprint density at radius 2 is 2.00 bits per heavy atom. The van der Waals surface area contributed by atoms with E-state index in [0.717, 1.165) is 5.69 Å². The Balaban J connectivity index is 2.17. The van der Waals surface area contributed by atoms with E-state index < -0.39 is 0 Å². The molecular formula is C15H16N2O2. The first-order chi connectivity index (χ1) is 9.06. The molecule has 19 heavy (non-hydrogen) atoms. The molecule has 0 radical (unpaired) electrons. The van der Waals surface area contributed by atoms with E-state index in [1.54, 1.807) is 0 Å². The number of hydrogen-bond acceptors (Lipinski definition) is 2. The zero-order valence-corrected chi connectivity index (χ0v) is 10.9. The molecule has 1 heterocycles. The van der Waals surface area contributed by atoms with Crippen LogP contribution >= 0.6 is 0 Å². The monoisotopic (exact) mass is 256 g/mol. The Hall–Kier alpha value is -2.36. The van der Waals surface area contributed by atoms with E-state index in [-0.39, 0.29) is 11.5 Å². The normalized spacial score (nSPS) is 10.5. The fourth-order valence-electron chi connectivity index (χ4n) is 1.73. The summed E-state index contributed by atoms with van der Waals surface area (Å²) in [5.74, 6) is 0.169.